The topological polar surface area (TPSA) is 29.4 Å². The van der Waals surface area contributed by atoms with Crippen LogP contribution in [0.1, 0.15) is 19.3 Å². The van der Waals surface area contributed by atoms with Gasteiger partial charge in [0.15, 0.2) is 5.78 Å². The van der Waals surface area contributed by atoms with E-state index in [0.29, 0.717) is 6.42 Å². The minimum atomic E-state index is 0.0689. The number of carbonyl (C=O) groups is 1. The molecule has 0 spiro atoms. The maximum absolute atomic E-state index is 11.1. The Morgan fingerprint density at radius 1 is 1.57 bits per heavy atom. The van der Waals surface area contributed by atoms with Crippen LogP contribution in [0.25, 0.3) is 0 Å². The molecule has 14 heavy (non-hydrogen) atoms. The molecule has 0 N–H and O–H groups in total. The van der Waals surface area contributed by atoms with Gasteiger partial charge in [-0.05, 0) is 5.57 Å². The van der Waals surface area contributed by atoms with Crippen molar-refractivity contribution in [2.75, 3.05) is 12.9 Å². The van der Waals surface area contributed by atoms with Crippen LogP contribution in [-0.2, 0) is 4.79 Å². The second-order valence-electron chi connectivity index (χ2n) is 3.23. The first-order valence-electron chi connectivity index (χ1n) is 4.64. The summed E-state index contributed by atoms with van der Waals surface area (Å²) in [4.78, 5) is 15.3. The molecule has 2 nitrogen and oxygen atoms in total. The fourth-order valence-corrected chi connectivity index (χ4v) is 1.43. The Bertz CT molecular complexity index is 302. The van der Waals surface area contributed by atoms with Crippen molar-refractivity contribution in [1.82, 2.24) is 0 Å². The number of allylic oxidation sites excluding steroid dienone is 4. The summed E-state index contributed by atoms with van der Waals surface area (Å²) in [5.74, 6) is 0.166. The Morgan fingerprint density at radius 2 is 2.36 bits per heavy atom. The van der Waals surface area contributed by atoms with Gasteiger partial charge in [0.25, 0.3) is 0 Å². The lowest BCUT2D eigenvalue weighted by Crippen LogP contribution is -1.99. The van der Waals surface area contributed by atoms with Crippen molar-refractivity contribution in [3.63, 3.8) is 0 Å². The van der Waals surface area contributed by atoms with E-state index in [0.717, 1.165) is 24.1 Å². The molecular weight excluding hydrogens is 198 g/mol. The van der Waals surface area contributed by atoms with Crippen LogP contribution >= 0.6 is 11.6 Å². The summed E-state index contributed by atoms with van der Waals surface area (Å²) in [5.41, 5.74) is 2.20. The molecule has 0 bridgehead atoms. The first-order valence-corrected chi connectivity index (χ1v) is 5.17. The summed E-state index contributed by atoms with van der Waals surface area (Å²) in [6.45, 7) is 0. The minimum absolute atomic E-state index is 0.0689. The van der Waals surface area contributed by atoms with E-state index in [2.05, 4.69) is 11.1 Å². The molecule has 76 valence electrons. The lowest BCUT2D eigenvalue weighted by atomic mass is 10.1. The number of nitrogens with zero attached hydrogens (tertiary/aromatic N) is 1. The minimum Gasteiger partial charge on any atom is -0.298 e. The molecule has 0 unspecified atom stereocenters. The highest BCUT2D eigenvalue weighted by Gasteiger charge is 2.05. The Labute approximate surface area is 89.4 Å². The molecule has 0 heterocycles. The Kier molecular flexibility index (Phi) is 4.60. The van der Waals surface area contributed by atoms with Crippen molar-refractivity contribution in [2.24, 2.45) is 4.99 Å². The van der Waals surface area contributed by atoms with E-state index in [1.165, 1.54) is 0 Å². The van der Waals surface area contributed by atoms with Gasteiger partial charge in [-0.3, -0.25) is 9.79 Å². The predicted octanol–water partition coefficient (Wildman–Crippen LogP) is 2.53. The average molecular weight is 212 g/mol. The van der Waals surface area contributed by atoms with E-state index in [9.17, 15) is 4.79 Å². The van der Waals surface area contributed by atoms with Crippen molar-refractivity contribution in [3.8, 4) is 0 Å². The highest BCUT2D eigenvalue weighted by Crippen LogP contribution is 2.12. The van der Waals surface area contributed by atoms with Gasteiger partial charge in [-0.15, -0.1) is 11.6 Å². The lowest BCUT2D eigenvalue weighted by Gasteiger charge is -1.97. The molecular formula is C11H14ClNO. The Balaban J connectivity index is 2.62. The SMILES string of the molecule is CN=C1CC=CC(CC(=O)CCl)=CC1. The van der Waals surface area contributed by atoms with Gasteiger partial charge in [-0.1, -0.05) is 18.2 Å². The second kappa shape index (κ2) is 5.76. The summed E-state index contributed by atoms with van der Waals surface area (Å²) < 4.78 is 0. The van der Waals surface area contributed by atoms with Crippen LogP contribution < -0.4 is 0 Å². The van der Waals surface area contributed by atoms with Gasteiger partial charge in [-0.2, -0.15) is 0 Å². The molecule has 0 aliphatic heterocycles. The second-order valence-corrected chi connectivity index (χ2v) is 3.50. The van der Waals surface area contributed by atoms with Crippen LogP contribution in [0, 0.1) is 0 Å². The van der Waals surface area contributed by atoms with Crippen molar-refractivity contribution in [1.29, 1.82) is 0 Å². The fraction of sp³-hybridized carbons (Fsp3) is 0.455. The Hall–Kier alpha value is -0.890. The summed E-state index contributed by atoms with van der Waals surface area (Å²) in [7, 11) is 1.80. The molecule has 0 saturated carbocycles. The van der Waals surface area contributed by atoms with E-state index >= 15 is 0 Å². The number of rotatable bonds is 3. The van der Waals surface area contributed by atoms with Crippen LogP contribution in [0.5, 0.6) is 0 Å². The van der Waals surface area contributed by atoms with Crippen LogP contribution in [-0.4, -0.2) is 24.4 Å². The van der Waals surface area contributed by atoms with Crippen molar-refractivity contribution >= 4 is 23.1 Å². The third-order valence-corrected chi connectivity index (χ3v) is 2.45. The number of aliphatic imine (C=N–C) groups is 1. The standard InChI is InChI=1S/C11H14ClNO/c1-13-10-4-2-3-9(5-6-10)7-11(14)8-12/h2-3,5H,4,6-8H2,1H3. The van der Waals surface area contributed by atoms with E-state index in [-0.39, 0.29) is 11.7 Å². The first kappa shape index (κ1) is 11.2. The van der Waals surface area contributed by atoms with Gasteiger partial charge in [0, 0.05) is 32.0 Å². The number of hydrogen-bond acceptors (Lipinski definition) is 2. The fourth-order valence-electron chi connectivity index (χ4n) is 1.34. The summed E-state index contributed by atoms with van der Waals surface area (Å²) in [6.07, 6.45) is 8.25. The quantitative estimate of drug-likeness (QED) is 0.660. The van der Waals surface area contributed by atoms with Gasteiger partial charge in [0.05, 0.1) is 5.88 Å². The molecule has 0 amide bonds. The molecule has 0 fully saturated rings. The molecule has 0 aromatic rings. The van der Waals surface area contributed by atoms with Crippen LogP contribution in [0.2, 0.25) is 0 Å². The van der Waals surface area contributed by atoms with Gasteiger partial charge in [-0.25, -0.2) is 0 Å². The zero-order valence-corrected chi connectivity index (χ0v) is 9.05. The molecule has 0 aromatic heterocycles. The van der Waals surface area contributed by atoms with Crippen LogP contribution in [0.15, 0.2) is 28.8 Å². The summed E-state index contributed by atoms with van der Waals surface area (Å²) in [5, 5.41) is 0. The molecule has 3 heteroatoms. The number of halogens is 1. The van der Waals surface area contributed by atoms with Gasteiger partial charge < -0.3 is 0 Å². The van der Waals surface area contributed by atoms with Gasteiger partial charge in [0.2, 0.25) is 0 Å². The molecule has 0 atom stereocenters. The summed E-state index contributed by atoms with van der Waals surface area (Å²) >= 11 is 5.44. The first-order chi connectivity index (χ1) is 6.76. The van der Waals surface area contributed by atoms with E-state index in [1.54, 1.807) is 7.05 Å². The largest absolute Gasteiger partial charge is 0.298 e. The average Bonchev–Trinajstić information content (AvgIpc) is 2.43. The number of carbonyl (C=O) groups excluding carboxylic acids is 1. The number of alkyl halides is 1. The highest BCUT2D eigenvalue weighted by atomic mass is 35.5. The molecule has 0 aromatic carbocycles. The van der Waals surface area contributed by atoms with Gasteiger partial charge >= 0.3 is 0 Å². The lowest BCUT2D eigenvalue weighted by molar-refractivity contribution is -0.116. The molecule has 0 saturated heterocycles. The predicted molar refractivity (Wildman–Crippen MR) is 60.2 cm³/mol. The normalized spacial score (nSPS) is 19.3. The maximum Gasteiger partial charge on any atom is 0.151 e. The van der Waals surface area contributed by atoms with Crippen LogP contribution in [0.3, 0.4) is 0 Å². The number of hydrogen-bond donors (Lipinski definition) is 0. The smallest absolute Gasteiger partial charge is 0.151 e. The molecule has 1 aliphatic rings. The highest BCUT2D eigenvalue weighted by molar-refractivity contribution is 6.27. The number of ketones is 1. The summed E-state index contributed by atoms with van der Waals surface area (Å²) in [6, 6.07) is 0. The van der Waals surface area contributed by atoms with E-state index < -0.39 is 0 Å². The van der Waals surface area contributed by atoms with Crippen molar-refractivity contribution in [2.45, 2.75) is 19.3 Å². The van der Waals surface area contributed by atoms with Crippen LogP contribution in [0.4, 0.5) is 0 Å². The Morgan fingerprint density at radius 3 is 3.00 bits per heavy atom. The monoisotopic (exact) mass is 211 g/mol. The molecule has 1 aliphatic carbocycles. The van der Waals surface area contributed by atoms with E-state index in [4.69, 9.17) is 11.6 Å². The molecule has 1 rings (SSSR count). The van der Waals surface area contributed by atoms with Crippen molar-refractivity contribution < 1.29 is 4.79 Å². The maximum atomic E-state index is 11.1. The zero-order valence-electron chi connectivity index (χ0n) is 8.29. The third kappa shape index (κ3) is 3.46. The number of Topliss-reactive ketones (excluding diaryl/α,β-unsaturated/α-hetero) is 1. The van der Waals surface area contributed by atoms with Gasteiger partial charge in [0.1, 0.15) is 0 Å². The molecule has 0 radical (unpaired) electrons. The van der Waals surface area contributed by atoms with E-state index in [1.807, 2.05) is 12.2 Å². The van der Waals surface area contributed by atoms with Crippen molar-refractivity contribution in [3.05, 3.63) is 23.8 Å². The third-order valence-electron chi connectivity index (χ3n) is 2.15. The zero-order chi connectivity index (χ0) is 10.4.